The zero-order valence-electron chi connectivity index (χ0n) is 17.6. The molecule has 0 atom stereocenters. The summed E-state index contributed by atoms with van der Waals surface area (Å²) in [6, 6.07) is 12.8. The van der Waals surface area contributed by atoms with Crippen LogP contribution in [0.5, 0.6) is 5.75 Å². The van der Waals surface area contributed by atoms with Gasteiger partial charge in [0, 0.05) is 25.7 Å². The molecule has 30 heavy (non-hydrogen) atoms. The van der Waals surface area contributed by atoms with E-state index in [4.69, 9.17) is 9.88 Å². The Hall–Kier alpha value is -1.85. The molecule has 0 saturated heterocycles. The Balaban J connectivity index is 0.00000450. The van der Waals surface area contributed by atoms with Crippen molar-refractivity contribution in [2.75, 3.05) is 20.2 Å². The minimum atomic E-state index is -3.66. The van der Waals surface area contributed by atoms with E-state index in [0.717, 1.165) is 35.3 Å². The van der Waals surface area contributed by atoms with Gasteiger partial charge in [0.25, 0.3) is 0 Å². The Morgan fingerprint density at radius 1 is 1.13 bits per heavy atom. The minimum absolute atomic E-state index is 0. The summed E-state index contributed by atoms with van der Waals surface area (Å²) in [5.41, 5.74) is 3.25. The van der Waals surface area contributed by atoms with Gasteiger partial charge < -0.3 is 15.4 Å². The number of primary sulfonamides is 1. The van der Waals surface area contributed by atoms with E-state index in [1.807, 2.05) is 13.0 Å². The van der Waals surface area contributed by atoms with Gasteiger partial charge in [-0.15, -0.1) is 24.0 Å². The summed E-state index contributed by atoms with van der Waals surface area (Å²) >= 11 is 0. The highest BCUT2D eigenvalue weighted by molar-refractivity contribution is 14.0. The van der Waals surface area contributed by atoms with Crippen molar-refractivity contribution in [2.45, 2.75) is 38.1 Å². The maximum absolute atomic E-state index is 11.3. The van der Waals surface area contributed by atoms with Crippen LogP contribution in [-0.4, -0.2) is 34.6 Å². The number of aryl methyl sites for hydroxylation is 1. The summed E-state index contributed by atoms with van der Waals surface area (Å²) in [7, 11) is -1.94. The lowest BCUT2D eigenvalue weighted by molar-refractivity contribution is 0.313. The summed E-state index contributed by atoms with van der Waals surface area (Å²) in [4.78, 5) is 4.36. The third kappa shape index (κ3) is 8.49. The van der Waals surface area contributed by atoms with E-state index in [0.29, 0.717) is 25.7 Å². The molecule has 0 aromatic heterocycles. The monoisotopic (exact) mass is 546 g/mol. The van der Waals surface area contributed by atoms with Crippen LogP contribution in [0, 0.1) is 6.92 Å². The van der Waals surface area contributed by atoms with Gasteiger partial charge in [-0.2, -0.15) is 0 Å². The molecule has 0 aliphatic rings. The minimum Gasteiger partial charge on any atom is -0.493 e. The van der Waals surface area contributed by atoms with E-state index in [1.54, 1.807) is 19.2 Å². The Morgan fingerprint density at radius 3 is 2.43 bits per heavy atom. The Morgan fingerprint density at radius 2 is 1.83 bits per heavy atom. The Labute approximate surface area is 196 Å². The fraction of sp³-hybridized carbons (Fsp3) is 0.381. The molecule has 166 valence electrons. The van der Waals surface area contributed by atoms with Crippen LogP contribution in [0.25, 0.3) is 0 Å². The number of aliphatic imine (C=N–C) groups is 1. The first-order valence-corrected chi connectivity index (χ1v) is 11.2. The molecule has 0 heterocycles. The lowest BCUT2D eigenvalue weighted by atomic mass is 10.1. The first-order chi connectivity index (χ1) is 13.8. The van der Waals surface area contributed by atoms with E-state index in [9.17, 15) is 8.42 Å². The molecular formula is C21H31IN4O3S. The SMILES string of the molecule is CCCOc1cc(C)ccc1CNC(=NC)NCCc1ccc(S(N)(=O)=O)cc1.I. The van der Waals surface area contributed by atoms with Crippen LogP contribution in [0.3, 0.4) is 0 Å². The second kappa shape index (κ2) is 12.8. The van der Waals surface area contributed by atoms with Crippen LogP contribution in [0.1, 0.15) is 30.0 Å². The molecule has 0 spiro atoms. The molecule has 0 unspecified atom stereocenters. The molecule has 0 bridgehead atoms. The number of ether oxygens (including phenoxy) is 1. The van der Waals surface area contributed by atoms with Gasteiger partial charge in [-0.25, -0.2) is 13.6 Å². The molecule has 0 radical (unpaired) electrons. The number of nitrogens with two attached hydrogens (primary N) is 1. The standard InChI is InChI=1S/C21H30N4O3S.HI/c1-4-13-28-20-14-16(2)5-8-18(20)15-25-21(23-3)24-12-11-17-6-9-19(10-7-17)29(22,26)27;/h5-10,14H,4,11-13,15H2,1-3H3,(H2,22,26,27)(H2,23,24,25);1H. The molecule has 0 aliphatic carbocycles. The average Bonchev–Trinajstić information content (AvgIpc) is 2.69. The van der Waals surface area contributed by atoms with Gasteiger partial charge >= 0.3 is 0 Å². The maximum atomic E-state index is 11.3. The predicted molar refractivity (Wildman–Crippen MR) is 132 cm³/mol. The molecular weight excluding hydrogens is 515 g/mol. The van der Waals surface area contributed by atoms with Crippen LogP contribution in [0.4, 0.5) is 0 Å². The topological polar surface area (TPSA) is 106 Å². The number of halogens is 1. The Kier molecular flexibility index (Phi) is 11.1. The van der Waals surface area contributed by atoms with Crippen LogP contribution in [0.15, 0.2) is 52.4 Å². The molecule has 0 fully saturated rings. The number of guanidine groups is 1. The van der Waals surface area contributed by atoms with E-state index < -0.39 is 10.0 Å². The summed E-state index contributed by atoms with van der Waals surface area (Å²) in [6.07, 6.45) is 1.68. The lowest BCUT2D eigenvalue weighted by Crippen LogP contribution is -2.37. The third-order valence-electron chi connectivity index (χ3n) is 4.31. The summed E-state index contributed by atoms with van der Waals surface area (Å²) in [6.45, 7) is 6.07. The van der Waals surface area contributed by atoms with Crippen molar-refractivity contribution in [1.29, 1.82) is 0 Å². The molecule has 4 N–H and O–H groups in total. The van der Waals surface area contributed by atoms with Crippen molar-refractivity contribution in [1.82, 2.24) is 10.6 Å². The first-order valence-electron chi connectivity index (χ1n) is 9.62. The van der Waals surface area contributed by atoms with Crippen molar-refractivity contribution >= 4 is 40.0 Å². The van der Waals surface area contributed by atoms with Crippen LogP contribution in [0.2, 0.25) is 0 Å². The molecule has 0 saturated carbocycles. The van der Waals surface area contributed by atoms with Gasteiger partial charge in [0.05, 0.1) is 11.5 Å². The van der Waals surface area contributed by atoms with Crippen molar-refractivity contribution in [3.63, 3.8) is 0 Å². The van der Waals surface area contributed by atoms with Gasteiger partial charge in [0.2, 0.25) is 10.0 Å². The molecule has 2 aromatic rings. The molecule has 9 heteroatoms. The molecule has 0 amide bonds. The Bertz CT molecular complexity index is 932. The second-order valence-corrected chi connectivity index (χ2v) is 8.31. The highest BCUT2D eigenvalue weighted by atomic mass is 127. The predicted octanol–water partition coefficient (Wildman–Crippen LogP) is 2.96. The zero-order valence-corrected chi connectivity index (χ0v) is 20.8. The lowest BCUT2D eigenvalue weighted by Gasteiger charge is -2.15. The molecule has 0 aliphatic heterocycles. The summed E-state index contributed by atoms with van der Waals surface area (Å²) < 4.78 is 28.5. The maximum Gasteiger partial charge on any atom is 0.238 e. The van der Waals surface area contributed by atoms with Crippen molar-refractivity contribution < 1.29 is 13.2 Å². The number of rotatable bonds is 9. The van der Waals surface area contributed by atoms with Gasteiger partial charge in [-0.3, -0.25) is 4.99 Å². The van der Waals surface area contributed by atoms with Crippen LogP contribution < -0.4 is 20.5 Å². The number of hydrogen-bond acceptors (Lipinski definition) is 4. The summed E-state index contributed by atoms with van der Waals surface area (Å²) in [5, 5.41) is 11.7. The quantitative estimate of drug-likeness (QED) is 0.255. The molecule has 2 rings (SSSR count). The van der Waals surface area contributed by atoms with Crippen molar-refractivity contribution in [2.24, 2.45) is 10.1 Å². The number of benzene rings is 2. The van der Waals surface area contributed by atoms with Gasteiger partial charge in [-0.1, -0.05) is 31.2 Å². The number of hydrogen-bond donors (Lipinski definition) is 3. The highest BCUT2D eigenvalue weighted by Crippen LogP contribution is 2.20. The van der Waals surface area contributed by atoms with E-state index >= 15 is 0 Å². The normalized spacial score (nSPS) is 11.5. The van der Waals surface area contributed by atoms with Crippen molar-refractivity contribution in [3.8, 4) is 5.75 Å². The van der Waals surface area contributed by atoms with Gasteiger partial charge in [0.15, 0.2) is 5.96 Å². The highest BCUT2D eigenvalue weighted by Gasteiger charge is 2.08. The third-order valence-corrected chi connectivity index (χ3v) is 5.24. The molecule has 7 nitrogen and oxygen atoms in total. The average molecular weight is 546 g/mol. The second-order valence-electron chi connectivity index (χ2n) is 6.75. The number of nitrogens with zero attached hydrogens (tertiary/aromatic N) is 1. The fourth-order valence-electron chi connectivity index (χ4n) is 2.72. The molecule has 2 aromatic carbocycles. The van der Waals surface area contributed by atoms with Crippen molar-refractivity contribution in [3.05, 3.63) is 59.2 Å². The summed E-state index contributed by atoms with van der Waals surface area (Å²) in [5.74, 6) is 1.58. The van der Waals surface area contributed by atoms with Gasteiger partial charge in [0.1, 0.15) is 5.75 Å². The van der Waals surface area contributed by atoms with Gasteiger partial charge in [-0.05, 0) is 49.1 Å². The number of nitrogens with one attached hydrogen (secondary N) is 2. The number of sulfonamides is 1. The zero-order chi connectivity index (χ0) is 21.3. The van der Waals surface area contributed by atoms with E-state index in [-0.39, 0.29) is 28.9 Å². The fourth-order valence-corrected chi connectivity index (χ4v) is 3.24. The first kappa shape index (κ1) is 26.2. The smallest absolute Gasteiger partial charge is 0.238 e. The van der Waals surface area contributed by atoms with Crippen LogP contribution in [-0.2, 0) is 23.0 Å². The van der Waals surface area contributed by atoms with E-state index in [2.05, 4.69) is 34.7 Å². The van der Waals surface area contributed by atoms with E-state index in [1.165, 1.54) is 12.1 Å². The van der Waals surface area contributed by atoms with Crippen LogP contribution >= 0.6 is 24.0 Å². The largest absolute Gasteiger partial charge is 0.493 e.